The Balaban J connectivity index is 1.92. The molecular weight excluding hydrogens is 248 g/mol. The van der Waals surface area contributed by atoms with E-state index < -0.39 is 0 Å². The van der Waals surface area contributed by atoms with Crippen LogP contribution >= 0.6 is 0 Å². The van der Waals surface area contributed by atoms with Gasteiger partial charge in [0.15, 0.2) is 0 Å². The topological polar surface area (TPSA) is 65.9 Å². The zero-order valence-electron chi connectivity index (χ0n) is 12.1. The molecule has 2 unspecified atom stereocenters. The Hall–Kier alpha value is -1.60. The number of aryl methyl sites for hydroxylation is 2. The van der Waals surface area contributed by atoms with Crippen LogP contribution in [0.5, 0.6) is 0 Å². The normalized spacial score (nSPS) is 25.4. The van der Waals surface area contributed by atoms with Gasteiger partial charge in [0, 0.05) is 24.8 Å². The van der Waals surface area contributed by atoms with E-state index in [4.69, 9.17) is 10.7 Å². The van der Waals surface area contributed by atoms with E-state index in [1.165, 1.54) is 17.7 Å². The van der Waals surface area contributed by atoms with Crippen LogP contribution in [0.25, 0.3) is 0 Å². The van der Waals surface area contributed by atoms with Crippen molar-refractivity contribution in [3.05, 3.63) is 22.9 Å². The first kappa shape index (κ1) is 13.4. The second-order valence-electron chi connectivity index (χ2n) is 6.00. The second kappa shape index (κ2) is 5.41. The minimum atomic E-state index is 0.288. The molecular formula is C16H22N4. The molecule has 0 saturated carbocycles. The summed E-state index contributed by atoms with van der Waals surface area (Å²) in [6.45, 7) is 4.03. The monoisotopic (exact) mass is 270 g/mol. The van der Waals surface area contributed by atoms with E-state index in [1.807, 2.05) is 0 Å². The molecule has 1 aliphatic heterocycles. The number of aromatic nitrogens is 1. The maximum absolute atomic E-state index is 9.41. The lowest BCUT2D eigenvalue weighted by molar-refractivity contribution is 0.346. The Morgan fingerprint density at radius 3 is 3.10 bits per heavy atom. The molecule has 106 valence electrons. The Labute approximate surface area is 120 Å². The van der Waals surface area contributed by atoms with Crippen molar-refractivity contribution in [1.82, 2.24) is 4.98 Å². The van der Waals surface area contributed by atoms with Gasteiger partial charge < -0.3 is 10.6 Å². The summed E-state index contributed by atoms with van der Waals surface area (Å²) >= 11 is 0. The highest BCUT2D eigenvalue weighted by Gasteiger charge is 2.28. The molecule has 1 saturated heterocycles. The average molecular weight is 270 g/mol. The Kier molecular flexibility index (Phi) is 3.62. The van der Waals surface area contributed by atoms with Gasteiger partial charge in [-0.2, -0.15) is 5.26 Å². The molecule has 2 N–H and O–H groups in total. The fourth-order valence-corrected chi connectivity index (χ4v) is 3.46. The van der Waals surface area contributed by atoms with Gasteiger partial charge in [-0.05, 0) is 43.2 Å². The summed E-state index contributed by atoms with van der Waals surface area (Å²) in [6, 6.07) is 4.68. The average Bonchev–Trinajstić information content (AvgIpc) is 2.93. The molecule has 1 aliphatic carbocycles. The molecule has 0 amide bonds. The van der Waals surface area contributed by atoms with Gasteiger partial charge in [-0.1, -0.05) is 13.3 Å². The minimum Gasteiger partial charge on any atom is -0.355 e. The number of nitriles is 1. The molecule has 0 radical (unpaired) electrons. The van der Waals surface area contributed by atoms with Crippen molar-refractivity contribution in [3.63, 3.8) is 0 Å². The number of anilines is 1. The van der Waals surface area contributed by atoms with Gasteiger partial charge in [-0.25, -0.2) is 4.98 Å². The van der Waals surface area contributed by atoms with E-state index in [9.17, 15) is 5.26 Å². The van der Waals surface area contributed by atoms with Crippen molar-refractivity contribution >= 4 is 5.82 Å². The molecule has 0 bridgehead atoms. The summed E-state index contributed by atoms with van der Waals surface area (Å²) < 4.78 is 0. The van der Waals surface area contributed by atoms with E-state index in [1.54, 1.807) is 0 Å². The van der Waals surface area contributed by atoms with Gasteiger partial charge in [0.1, 0.15) is 11.9 Å². The molecule has 0 aromatic carbocycles. The summed E-state index contributed by atoms with van der Waals surface area (Å²) in [4.78, 5) is 7.08. The highest BCUT2D eigenvalue weighted by atomic mass is 15.2. The van der Waals surface area contributed by atoms with Crippen molar-refractivity contribution in [1.29, 1.82) is 5.26 Å². The summed E-state index contributed by atoms with van der Waals surface area (Å²) in [5.74, 6) is 1.39. The number of fused-ring (bicyclic) bond motifs is 1. The zero-order chi connectivity index (χ0) is 14.1. The fourth-order valence-electron chi connectivity index (χ4n) is 3.46. The summed E-state index contributed by atoms with van der Waals surface area (Å²) in [6.07, 6.45) is 5.37. The standard InChI is InChI=1S/C16H22N4/c1-2-11-10-20(7-6-14(11)18)16-13(9-17)8-12-4-3-5-15(12)19-16/h8,11,14H,2-7,10,18H2,1H3. The van der Waals surface area contributed by atoms with Crippen molar-refractivity contribution in [2.75, 3.05) is 18.0 Å². The lowest BCUT2D eigenvalue weighted by Gasteiger charge is -2.37. The number of hydrogen-bond donors (Lipinski definition) is 1. The van der Waals surface area contributed by atoms with E-state index in [0.29, 0.717) is 5.92 Å². The van der Waals surface area contributed by atoms with Crippen LogP contribution in [0, 0.1) is 17.2 Å². The molecule has 4 heteroatoms. The van der Waals surface area contributed by atoms with Crippen LogP contribution < -0.4 is 10.6 Å². The maximum Gasteiger partial charge on any atom is 0.146 e. The summed E-state index contributed by atoms with van der Waals surface area (Å²) in [5, 5.41) is 9.41. The zero-order valence-corrected chi connectivity index (χ0v) is 12.1. The van der Waals surface area contributed by atoms with Gasteiger partial charge in [-0.3, -0.25) is 0 Å². The molecule has 3 rings (SSSR count). The van der Waals surface area contributed by atoms with Crippen LogP contribution in [-0.2, 0) is 12.8 Å². The molecule has 1 aromatic rings. The quantitative estimate of drug-likeness (QED) is 0.892. The Morgan fingerprint density at radius 1 is 1.50 bits per heavy atom. The highest BCUT2D eigenvalue weighted by Crippen LogP contribution is 2.30. The van der Waals surface area contributed by atoms with Gasteiger partial charge in [0.2, 0.25) is 0 Å². The van der Waals surface area contributed by atoms with Gasteiger partial charge in [0.05, 0.1) is 5.56 Å². The van der Waals surface area contributed by atoms with Gasteiger partial charge in [-0.15, -0.1) is 0 Å². The van der Waals surface area contributed by atoms with Crippen molar-refractivity contribution in [2.24, 2.45) is 11.7 Å². The maximum atomic E-state index is 9.41. The first-order valence-electron chi connectivity index (χ1n) is 7.66. The largest absolute Gasteiger partial charge is 0.355 e. The van der Waals surface area contributed by atoms with Crippen molar-refractivity contribution in [2.45, 2.75) is 45.1 Å². The van der Waals surface area contributed by atoms with Crippen LogP contribution in [0.3, 0.4) is 0 Å². The second-order valence-corrected chi connectivity index (χ2v) is 6.00. The summed E-state index contributed by atoms with van der Waals surface area (Å²) in [5.41, 5.74) is 9.38. The number of hydrogen-bond acceptors (Lipinski definition) is 4. The number of rotatable bonds is 2. The third-order valence-electron chi connectivity index (χ3n) is 4.77. The molecule has 20 heavy (non-hydrogen) atoms. The Bertz CT molecular complexity index is 546. The smallest absolute Gasteiger partial charge is 0.146 e. The van der Waals surface area contributed by atoms with Crippen LogP contribution in [0.4, 0.5) is 5.82 Å². The number of pyridine rings is 1. The lowest BCUT2D eigenvalue weighted by Crippen LogP contribution is -2.47. The third-order valence-corrected chi connectivity index (χ3v) is 4.77. The van der Waals surface area contributed by atoms with Crippen molar-refractivity contribution in [3.8, 4) is 6.07 Å². The minimum absolute atomic E-state index is 0.288. The highest BCUT2D eigenvalue weighted by molar-refractivity contribution is 5.57. The molecule has 2 atom stereocenters. The van der Waals surface area contributed by atoms with E-state index in [0.717, 1.165) is 50.2 Å². The number of piperidine rings is 1. The third kappa shape index (κ3) is 2.27. The van der Waals surface area contributed by atoms with Gasteiger partial charge in [0.25, 0.3) is 0 Å². The van der Waals surface area contributed by atoms with Gasteiger partial charge >= 0.3 is 0 Å². The van der Waals surface area contributed by atoms with Crippen LogP contribution in [0.2, 0.25) is 0 Å². The molecule has 2 aliphatic rings. The molecule has 2 heterocycles. The lowest BCUT2D eigenvalue weighted by atomic mass is 9.90. The van der Waals surface area contributed by atoms with Crippen LogP contribution in [-0.4, -0.2) is 24.1 Å². The fraction of sp³-hybridized carbons (Fsp3) is 0.625. The van der Waals surface area contributed by atoms with Crippen LogP contribution in [0.15, 0.2) is 6.07 Å². The molecule has 4 nitrogen and oxygen atoms in total. The van der Waals surface area contributed by atoms with Crippen molar-refractivity contribution < 1.29 is 0 Å². The SMILES string of the molecule is CCC1CN(c2nc3c(cc2C#N)CCC3)CCC1N. The van der Waals surface area contributed by atoms with E-state index in [-0.39, 0.29) is 6.04 Å². The first-order chi connectivity index (χ1) is 9.72. The molecule has 1 aromatic heterocycles. The molecule has 1 fully saturated rings. The Morgan fingerprint density at radius 2 is 2.35 bits per heavy atom. The number of nitrogens with zero attached hydrogens (tertiary/aromatic N) is 3. The van der Waals surface area contributed by atoms with E-state index >= 15 is 0 Å². The summed E-state index contributed by atoms with van der Waals surface area (Å²) in [7, 11) is 0. The van der Waals surface area contributed by atoms with E-state index in [2.05, 4.69) is 24.0 Å². The number of nitrogens with two attached hydrogens (primary N) is 1. The predicted molar refractivity (Wildman–Crippen MR) is 79.6 cm³/mol. The van der Waals surface area contributed by atoms with Crippen LogP contribution in [0.1, 0.15) is 43.0 Å². The predicted octanol–water partition coefficient (Wildman–Crippen LogP) is 2.01. The first-order valence-corrected chi connectivity index (χ1v) is 7.66. The molecule has 0 spiro atoms.